The number of carbonyl (C=O) groups excluding carboxylic acids is 1. The zero-order valence-electron chi connectivity index (χ0n) is 11.2. The number of hydrogen-bond acceptors (Lipinski definition) is 4. The van der Waals surface area contributed by atoms with Gasteiger partial charge in [0, 0.05) is 33.4 Å². The van der Waals surface area contributed by atoms with Gasteiger partial charge in [0.2, 0.25) is 5.91 Å². The van der Waals surface area contributed by atoms with Crippen molar-refractivity contribution in [3.05, 3.63) is 23.5 Å². The zero-order chi connectivity index (χ0) is 14.0. The summed E-state index contributed by atoms with van der Waals surface area (Å²) in [5.74, 6) is -0.323. The Morgan fingerprint density at radius 1 is 1.68 bits per heavy atom. The number of primary amides is 1. The van der Waals surface area contributed by atoms with Crippen LogP contribution in [0.4, 0.5) is 0 Å². The number of amides is 1. The highest BCUT2D eigenvalue weighted by Gasteiger charge is 2.35. The number of nitrogens with two attached hydrogens (primary N) is 1. The number of likely N-dealkylation sites (tertiary alicyclic amines) is 1. The summed E-state index contributed by atoms with van der Waals surface area (Å²) < 4.78 is 7.08. The van der Waals surface area contributed by atoms with Crippen LogP contribution >= 0.6 is 0 Å². The first-order valence-electron chi connectivity index (χ1n) is 6.16. The van der Waals surface area contributed by atoms with Gasteiger partial charge in [0.05, 0.1) is 12.1 Å². The average Bonchev–Trinajstić information content (AvgIpc) is 2.93. The number of rotatable bonds is 4. The molecule has 0 saturated carbocycles. The van der Waals surface area contributed by atoms with Gasteiger partial charge in [-0.1, -0.05) is 0 Å². The molecule has 6 heteroatoms. The van der Waals surface area contributed by atoms with E-state index in [-0.39, 0.29) is 18.1 Å². The largest absolute Gasteiger partial charge is 0.380 e. The van der Waals surface area contributed by atoms with Crippen LogP contribution in [0.15, 0.2) is 12.3 Å². The third-order valence-electron chi connectivity index (χ3n) is 3.59. The van der Waals surface area contributed by atoms with Gasteiger partial charge in [0.15, 0.2) is 0 Å². The number of carbonyl (C=O) groups is 1. The van der Waals surface area contributed by atoms with Gasteiger partial charge in [0.25, 0.3) is 0 Å². The highest BCUT2D eigenvalue weighted by atomic mass is 16.5. The van der Waals surface area contributed by atoms with Crippen LogP contribution in [-0.2, 0) is 23.1 Å². The van der Waals surface area contributed by atoms with Crippen LogP contribution < -0.4 is 5.73 Å². The monoisotopic (exact) mass is 262 g/mol. The second kappa shape index (κ2) is 5.43. The average molecular weight is 262 g/mol. The molecule has 0 aliphatic carbocycles. The van der Waals surface area contributed by atoms with Gasteiger partial charge in [-0.25, -0.2) is 0 Å². The van der Waals surface area contributed by atoms with Crippen LogP contribution in [0, 0.1) is 11.3 Å². The van der Waals surface area contributed by atoms with Gasteiger partial charge in [-0.05, 0) is 18.1 Å². The van der Waals surface area contributed by atoms with E-state index in [0.717, 1.165) is 5.56 Å². The summed E-state index contributed by atoms with van der Waals surface area (Å²) in [5.41, 5.74) is 7.03. The lowest BCUT2D eigenvalue weighted by Gasteiger charge is -2.20. The number of aromatic nitrogens is 1. The summed E-state index contributed by atoms with van der Waals surface area (Å²) in [4.78, 5) is 13.5. The molecule has 0 spiro atoms. The first-order valence-corrected chi connectivity index (χ1v) is 6.16. The van der Waals surface area contributed by atoms with Crippen LogP contribution in [0.5, 0.6) is 0 Å². The number of hydrogen-bond donors (Lipinski definition) is 1. The molecule has 2 atom stereocenters. The molecule has 2 N–H and O–H groups in total. The normalized spacial score (nSPS) is 23.4. The summed E-state index contributed by atoms with van der Waals surface area (Å²) in [6.07, 6.45) is 2.57. The fourth-order valence-electron chi connectivity index (χ4n) is 2.57. The predicted octanol–water partition coefficient (Wildman–Crippen LogP) is -0.0286. The Morgan fingerprint density at radius 3 is 2.95 bits per heavy atom. The molecule has 1 amide bonds. The number of aryl methyl sites for hydroxylation is 1. The van der Waals surface area contributed by atoms with E-state index in [2.05, 4.69) is 6.07 Å². The minimum atomic E-state index is -0.323. The maximum atomic E-state index is 11.5. The fourth-order valence-corrected chi connectivity index (χ4v) is 2.57. The van der Waals surface area contributed by atoms with Crippen LogP contribution in [0.3, 0.4) is 0 Å². The number of methoxy groups -OCH3 is 1. The third kappa shape index (κ3) is 2.78. The lowest BCUT2D eigenvalue weighted by atomic mass is 10.2. The molecule has 1 aliphatic rings. The summed E-state index contributed by atoms with van der Waals surface area (Å²) in [5, 5.41) is 8.93. The number of ether oxygens (including phenoxy) is 1. The van der Waals surface area contributed by atoms with Crippen molar-refractivity contribution in [2.24, 2.45) is 12.8 Å². The Bertz CT molecular complexity index is 517. The standard InChI is InChI=1S/C13H18N4O2/c1-16-6-9(3-10(16)5-14)7-17-8-11(19-2)4-12(17)13(15)18/h3,6,11-12H,4,7-8H2,1-2H3,(H2,15,18)/t11-,12-/m0/s1. The molecule has 1 saturated heterocycles. The number of nitriles is 1. The molecule has 1 aliphatic heterocycles. The maximum Gasteiger partial charge on any atom is 0.234 e. The van der Waals surface area contributed by atoms with Crippen molar-refractivity contribution in [2.45, 2.75) is 25.1 Å². The zero-order valence-corrected chi connectivity index (χ0v) is 11.2. The van der Waals surface area contributed by atoms with E-state index in [1.54, 1.807) is 11.7 Å². The van der Waals surface area contributed by atoms with Crippen molar-refractivity contribution >= 4 is 5.91 Å². The molecule has 0 bridgehead atoms. The van der Waals surface area contributed by atoms with Gasteiger partial charge in [-0.15, -0.1) is 0 Å². The topological polar surface area (TPSA) is 84.3 Å². The van der Waals surface area contributed by atoms with Gasteiger partial charge < -0.3 is 15.0 Å². The molecular weight excluding hydrogens is 244 g/mol. The van der Waals surface area contributed by atoms with E-state index in [9.17, 15) is 4.79 Å². The van der Waals surface area contributed by atoms with Crippen LogP contribution in [0.25, 0.3) is 0 Å². The Kier molecular flexibility index (Phi) is 3.88. The van der Waals surface area contributed by atoms with Crippen molar-refractivity contribution in [3.63, 3.8) is 0 Å². The summed E-state index contributed by atoms with van der Waals surface area (Å²) in [6, 6.07) is 3.66. The molecule has 2 rings (SSSR count). The van der Waals surface area contributed by atoms with E-state index < -0.39 is 0 Å². The van der Waals surface area contributed by atoms with E-state index in [0.29, 0.717) is 25.2 Å². The second-order valence-electron chi connectivity index (χ2n) is 4.90. The third-order valence-corrected chi connectivity index (χ3v) is 3.59. The molecule has 102 valence electrons. The molecule has 0 radical (unpaired) electrons. The molecule has 6 nitrogen and oxygen atoms in total. The highest BCUT2D eigenvalue weighted by molar-refractivity contribution is 5.80. The van der Waals surface area contributed by atoms with Gasteiger partial charge >= 0.3 is 0 Å². The Balaban J connectivity index is 2.12. The Labute approximate surface area is 112 Å². The first kappa shape index (κ1) is 13.6. The minimum Gasteiger partial charge on any atom is -0.380 e. The van der Waals surface area contributed by atoms with Crippen molar-refractivity contribution < 1.29 is 9.53 Å². The molecule has 0 unspecified atom stereocenters. The molecule has 1 aromatic heterocycles. The van der Waals surface area contributed by atoms with Crippen molar-refractivity contribution in [2.75, 3.05) is 13.7 Å². The van der Waals surface area contributed by atoms with Crippen LogP contribution in [0.2, 0.25) is 0 Å². The van der Waals surface area contributed by atoms with E-state index in [1.807, 2.05) is 24.2 Å². The van der Waals surface area contributed by atoms with Crippen LogP contribution in [-0.4, -0.2) is 41.2 Å². The molecule has 0 aromatic carbocycles. The van der Waals surface area contributed by atoms with Gasteiger partial charge in [0.1, 0.15) is 11.8 Å². The lowest BCUT2D eigenvalue weighted by Crippen LogP contribution is -2.39. The smallest absolute Gasteiger partial charge is 0.234 e. The molecule has 1 aromatic rings. The molecule has 2 heterocycles. The molecular formula is C13H18N4O2. The van der Waals surface area contributed by atoms with E-state index in [1.165, 1.54) is 0 Å². The van der Waals surface area contributed by atoms with Gasteiger partial charge in [-0.2, -0.15) is 5.26 Å². The fraction of sp³-hybridized carbons (Fsp3) is 0.538. The summed E-state index contributed by atoms with van der Waals surface area (Å²) in [6.45, 7) is 1.28. The minimum absolute atomic E-state index is 0.0386. The lowest BCUT2D eigenvalue weighted by molar-refractivity contribution is -0.122. The van der Waals surface area contributed by atoms with E-state index >= 15 is 0 Å². The molecule has 19 heavy (non-hydrogen) atoms. The quantitative estimate of drug-likeness (QED) is 0.826. The molecule has 1 fully saturated rings. The summed E-state index contributed by atoms with van der Waals surface area (Å²) >= 11 is 0. The van der Waals surface area contributed by atoms with Crippen molar-refractivity contribution in [1.82, 2.24) is 9.47 Å². The van der Waals surface area contributed by atoms with Crippen molar-refractivity contribution in [3.8, 4) is 6.07 Å². The SMILES string of the molecule is CO[C@H]1C[C@@H](C(N)=O)N(Cc2cc(C#N)n(C)c2)C1. The Hall–Kier alpha value is -1.84. The van der Waals surface area contributed by atoms with Gasteiger partial charge in [-0.3, -0.25) is 9.69 Å². The number of nitrogens with zero attached hydrogens (tertiary/aromatic N) is 3. The summed E-state index contributed by atoms with van der Waals surface area (Å²) in [7, 11) is 3.47. The first-order chi connectivity index (χ1) is 9.05. The predicted molar refractivity (Wildman–Crippen MR) is 68.9 cm³/mol. The second-order valence-corrected chi connectivity index (χ2v) is 4.90. The Morgan fingerprint density at radius 2 is 2.42 bits per heavy atom. The van der Waals surface area contributed by atoms with Crippen LogP contribution in [0.1, 0.15) is 17.7 Å². The highest BCUT2D eigenvalue weighted by Crippen LogP contribution is 2.22. The van der Waals surface area contributed by atoms with E-state index in [4.69, 9.17) is 15.7 Å². The maximum absolute atomic E-state index is 11.5. The van der Waals surface area contributed by atoms with Crippen molar-refractivity contribution in [1.29, 1.82) is 5.26 Å².